The first-order chi connectivity index (χ1) is 11.9. The van der Waals surface area contributed by atoms with Crippen LogP contribution in [0.1, 0.15) is 70.0 Å². The highest BCUT2D eigenvalue weighted by atomic mass is 16.5. The number of benzene rings is 1. The van der Waals surface area contributed by atoms with Crippen molar-refractivity contribution in [3.8, 4) is 16.9 Å². The molecule has 1 saturated carbocycles. The van der Waals surface area contributed by atoms with Crippen molar-refractivity contribution in [3.63, 3.8) is 0 Å². The minimum atomic E-state index is 0.562. The monoisotopic (exact) mass is 324 g/mol. The molecule has 3 rings (SSSR count). The largest absolute Gasteiger partial charge is 0.494 e. The molecule has 1 heterocycles. The van der Waals surface area contributed by atoms with E-state index in [-0.39, 0.29) is 0 Å². The third-order valence-corrected chi connectivity index (χ3v) is 4.85. The van der Waals surface area contributed by atoms with Crippen LogP contribution >= 0.6 is 0 Å². The van der Waals surface area contributed by atoms with E-state index in [0.717, 1.165) is 35.7 Å². The summed E-state index contributed by atoms with van der Waals surface area (Å²) < 4.78 is 5.77. The molecule has 0 unspecified atom stereocenters. The van der Waals surface area contributed by atoms with Gasteiger partial charge in [0, 0.05) is 23.9 Å². The van der Waals surface area contributed by atoms with Crippen molar-refractivity contribution in [2.45, 2.75) is 64.2 Å². The lowest BCUT2D eigenvalue weighted by atomic mass is 9.88. The van der Waals surface area contributed by atoms with Crippen molar-refractivity contribution in [2.75, 3.05) is 6.61 Å². The minimum absolute atomic E-state index is 0.562. The van der Waals surface area contributed by atoms with Gasteiger partial charge in [0.25, 0.3) is 0 Å². The molecule has 3 heteroatoms. The molecule has 1 aliphatic rings. The van der Waals surface area contributed by atoms with Crippen molar-refractivity contribution >= 4 is 0 Å². The summed E-state index contributed by atoms with van der Waals surface area (Å²) >= 11 is 0. The fourth-order valence-electron chi connectivity index (χ4n) is 3.34. The van der Waals surface area contributed by atoms with Gasteiger partial charge in [-0.2, -0.15) is 0 Å². The number of aromatic nitrogens is 2. The second-order valence-electron chi connectivity index (χ2n) is 6.74. The molecule has 128 valence electrons. The summed E-state index contributed by atoms with van der Waals surface area (Å²) in [5.74, 6) is 2.52. The molecular formula is C21H28N2O. The van der Waals surface area contributed by atoms with E-state index >= 15 is 0 Å². The van der Waals surface area contributed by atoms with Gasteiger partial charge in [0.1, 0.15) is 11.6 Å². The van der Waals surface area contributed by atoms with E-state index in [4.69, 9.17) is 4.74 Å². The van der Waals surface area contributed by atoms with Gasteiger partial charge in [-0.15, -0.1) is 0 Å². The first kappa shape index (κ1) is 16.9. The van der Waals surface area contributed by atoms with Crippen LogP contribution in [0.4, 0.5) is 0 Å². The van der Waals surface area contributed by atoms with Crippen molar-refractivity contribution in [2.24, 2.45) is 0 Å². The summed E-state index contributed by atoms with van der Waals surface area (Å²) in [6, 6.07) is 8.26. The van der Waals surface area contributed by atoms with E-state index in [1.54, 1.807) is 0 Å². The quantitative estimate of drug-likeness (QED) is 0.607. The predicted molar refractivity (Wildman–Crippen MR) is 98.3 cm³/mol. The maximum Gasteiger partial charge on any atom is 0.131 e. The Labute approximate surface area is 145 Å². The molecule has 1 aromatic carbocycles. The normalized spacial score (nSPS) is 15.4. The maximum atomic E-state index is 5.77. The SMILES string of the molecule is CCCCCOc1ccc(-c2cnc(C3CCCCC3)nc2)cc1. The van der Waals surface area contributed by atoms with E-state index in [1.165, 1.54) is 44.9 Å². The van der Waals surface area contributed by atoms with Crippen molar-refractivity contribution in [3.05, 3.63) is 42.5 Å². The van der Waals surface area contributed by atoms with Gasteiger partial charge >= 0.3 is 0 Å². The number of ether oxygens (including phenoxy) is 1. The molecular weight excluding hydrogens is 296 g/mol. The summed E-state index contributed by atoms with van der Waals surface area (Å²) in [4.78, 5) is 9.26. The topological polar surface area (TPSA) is 35.0 Å². The smallest absolute Gasteiger partial charge is 0.131 e. The van der Waals surface area contributed by atoms with Crippen LogP contribution in [0, 0.1) is 0 Å². The Kier molecular flexibility index (Phi) is 6.22. The molecule has 0 amide bonds. The zero-order chi connectivity index (χ0) is 16.6. The first-order valence-electron chi connectivity index (χ1n) is 9.42. The van der Waals surface area contributed by atoms with E-state index in [1.807, 2.05) is 24.5 Å². The maximum absolute atomic E-state index is 5.77. The number of nitrogens with zero attached hydrogens (tertiary/aromatic N) is 2. The lowest BCUT2D eigenvalue weighted by Crippen LogP contribution is -2.08. The highest BCUT2D eigenvalue weighted by Crippen LogP contribution is 2.31. The lowest BCUT2D eigenvalue weighted by Gasteiger charge is -2.20. The molecule has 0 atom stereocenters. The van der Waals surface area contributed by atoms with E-state index < -0.39 is 0 Å². The second kappa shape index (κ2) is 8.81. The molecule has 0 radical (unpaired) electrons. The van der Waals surface area contributed by atoms with Gasteiger partial charge in [0.2, 0.25) is 0 Å². The third-order valence-electron chi connectivity index (χ3n) is 4.85. The van der Waals surface area contributed by atoms with Crippen LogP contribution in [-0.4, -0.2) is 16.6 Å². The van der Waals surface area contributed by atoms with Crippen LogP contribution in [0.5, 0.6) is 5.75 Å². The third kappa shape index (κ3) is 4.56. The first-order valence-corrected chi connectivity index (χ1v) is 9.42. The number of unbranched alkanes of at least 4 members (excludes halogenated alkanes) is 2. The van der Waals surface area contributed by atoms with Crippen LogP contribution < -0.4 is 4.74 Å². The zero-order valence-corrected chi connectivity index (χ0v) is 14.7. The predicted octanol–water partition coefficient (Wildman–Crippen LogP) is 5.76. The Morgan fingerprint density at radius 1 is 0.917 bits per heavy atom. The summed E-state index contributed by atoms with van der Waals surface area (Å²) in [6.45, 7) is 3.00. The fraction of sp³-hybridized carbons (Fsp3) is 0.524. The highest BCUT2D eigenvalue weighted by molar-refractivity contribution is 5.62. The molecule has 0 aliphatic heterocycles. The van der Waals surface area contributed by atoms with E-state index in [0.29, 0.717) is 5.92 Å². The molecule has 1 aromatic heterocycles. The number of rotatable bonds is 7. The van der Waals surface area contributed by atoms with Crippen molar-refractivity contribution < 1.29 is 4.74 Å². The summed E-state index contributed by atoms with van der Waals surface area (Å²) in [5, 5.41) is 0. The van der Waals surface area contributed by atoms with E-state index in [9.17, 15) is 0 Å². The molecule has 0 spiro atoms. The van der Waals surface area contributed by atoms with Gasteiger partial charge in [0.15, 0.2) is 0 Å². The molecule has 1 fully saturated rings. The van der Waals surface area contributed by atoms with Gasteiger partial charge in [0.05, 0.1) is 6.61 Å². The van der Waals surface area contributed by atoms with E-state index in [2.05, 4.69) is 29.0 Å². The highest BCUT2D eigenvalue weighted by Gasteiger charge is 2.17. The molecule has 0 saturated heterocycles. The Hall–Kier alpha value is -1.90. The van der Waals surface area contributed by atoms with Crippen molar-refractivity contribution in [1.29, 1.82) is 0 Å². The Balaban J connectivity index is 1.59. The average molecular weight is 324 g/mol. The van der Waals surface area contributed by atoms with Crippen molar-refractivity contribution in [1.82, 2.24) is 9.97 Å². The average Bonchev–Trinajstić information content (AvgIpc) is 2.67. The second-order valence-corrected chi connectivity index (χ2v) is 6.74. The Morgan fingerprint density at radius 2 is 1.62 bits per heavy atom. The van der Waals surface area contributed by atoms with Crippen LogP contribution in [0.2, 0.25) is 0 Å². The minimum Gasteiger partial charge on any atom is -0.494 e. The van der Waals surface area contributed by atoms with Gasteiger partial charge in [-0.3, -0.25) is 0 Å². The Bertz CT molecular complexity index is 601. The van der Waals surface area contributed by atoms with Crippen LogP contribution in [-0.2, 0) is 0 Å². The van der Waals surface area contributed by atoms with Crippen LogP contribution in [0.25, 0.3) is 11.1 Å². The van der Waals surface area contributed by atoms with Crippen LogP contribution in [0.15, 0.2) is 36.7 Å². The fourth-order valence-corrected chi connectivity index (χ4v) is 3.34. The Morgan fingerprint density at radius 3 is 2.29 bits per heavy atom. The van der Waals surface area contributed by atoms with Gasteiger partial charge in [-0.1, -0.05) is 51.2 Å². The van der Waals surface area contributed by atoms with Gasteiger partial charge < -0.3 is 4.74 Å². The summed E-state index contributed by atoms with van der Waals surface area (Å²) in [5.41, 5.74) is 2.22. The molecule has 0 N–H and O–H groups in total. The summed E-state index contributed by atoms with van der Waals surface area (Å²) in [7, 11) is 0. The zero-order valence-electron chi connectivity index (χ0n) is 14.7. The standard InChI is InChI=1S/C21H28N2O/c1-2-3-7-14-24-20-12-10-17(11-13-20)19-15-22-21(23-16-19)18-8-5-4-6-9-18/h10-13,15-16,18H,2-9,14H2,1H3. The molecule has 2 aromatic rings. The number of hydrogen-bond donors (Lipinski definition) is 0. The molecule has 1 aliphatic carbocycles. The van der Waals surface area contributed by atoms with Gasteiger partial charge in [-0.05, 0) is 37.0 Å². The summed E-state index contributed by atoms with van der Waals surface area (Å²) in [6.07, 6.45) is 14.0. The van der Waals surface area contributed by atoms with Gasteiger partial charge in [-0.25, -0.2) is 9.97 Å². The number of hydrogen-bond acceptors (Lipinski definition) is 3. The molecule has 3 nitrogen and oxygen atoms in total. The van der Waals surface area contributed by atoms with Crippen LogP contribution in [0.3, 0.4) is 0 Å². The molecule has 24 heavy (non-hydrogen) atoms. The lowest BCUT2D eigenvalue weighted by molar-refractivity contribution is 0.306. The molecule has 0 bridgehead atoms.